The molecule has 1 aromatic heterocycles. The molecule has 0 radical (unpaired) electrons. The molecule has 8 nitrogen and oxygen atoms in total. The zero-order valence-electron chi connectivity index (χ0n) is 10.8. The molecule has 1 heterocycles. The number of carbonyl (C=O) groups excluding carboxylic acids is 1. The third kappa shape index (κ3) is 4.15. The standard InChI is InChI=1S/C11H14N2O6S/c1-6(14)20-5-8(15)11(16)10-7(13(17)18)3-4-9(12-10)19-2/h3-4,8,11,15-16H,5H2,1-2H3. The second kappa shape index (κ2) is 7.17. The van der Waals surface area contributed by atoms with Crippen molar-refractivity contribution in [2.24, 2.45) is 0 Å². The highest BCUT2D eigenvalue weighted by Crippen LogP contribution is 2.28. The van der Waals surface area contributed by atoms with Crippen molar-refractivity contribution in [2.45, 2.75) is 19.1 Å². The maximum Gasteiger partial charge on any atom is 0.293 e. The van der Waals surface area contributed by atoms with Crippen LogP contribution in [0, 0.1) is 10.1 Å². The van der Waals surface area contributed by atoms with E-state index in [0.717, 1.165) is 17.8 Å². The monoisotopic (exact) mass is 302 g/mol. The first-order chi connectivity index (χ1) is 9.36. The summed E-state index contributed by atoms with van der Waals surface area (Å²) < 4.78 is 4.83. The summed E-state index contributed by atoms with van der Waals surface area (Å²) in [5, 5.41) is 30.4. The van der Waals surface area contributed by atoms with Gasteiger partial charge in [0, 0.05) is 24.8 Å². The van der Waals surface area contributed by atoms with E-state index in [0.29, 0.717) is 0 Å². The number of carbonyl (C=O) groups is 1. The molecule has 1 rings (SSSR count). The molecule has 0 saturated heterocycles. The molecule has 110 valence electrons. The third-order valence-electron chi connectivity index (χ3n) is 2.38. The number of nitro groups is 1. The van der Waals surface area contributed by atoms with Crippen LogP contribution in [0.15, 0.2) is 12.1 Å². The lowest BCUT2D eigenvalue weighted by Crippen LogP contribution is -2.23. The average Bonchev–Trinajstić information content (AvgIpc) is 2.42. The predicted molar refractivity (Wildman–Crippen MR) is 71.5 cm³/mol. The SMILES string of the molecule is COc1ccc([N+](=O)[O-])c(C(O)C(O)CSC(C)=O)n1. The molecule has 2 N–H and O–H groups in total. The smallest absolute Gasteiger partial charge is 0.293 e. The lowest BCUT2D eigenvalue weighted by molar-refractivity contribution is -0.386. The Labute approximate surface area is 118 Å². The van der Waals surface area contributed by atoms with Crippen LogP contribution in [0.2, 0.25) is 0 Å². The number of nitrogens with zero attached hydrogens (tertiary/aromatic N) is 2. The van der Waals surface area contributed by atoms with Gasteiger partial charge in [-0.1, -0.05) is 11.8 Å². The number of methoxy groups -OCH3 is 1. The molecule has 1 aromatic rings. The Morgan fingerprint density at radius 1 is 1.55 bits per heavy atom. The Bertz CT molecular complexity index is 510. The number of pyridine rings is 1. The van der Waals surface area contributed by atoms with Crippen molar-refractivity contribution >= 4 is 22.6 Å². The Hall–Kier alpha value is -1.71. The molecule has 0 aliphatic heterocycles. The zero-order chi connectivity index (χ0) is 15.3. The minimum absolute atomic E-state index is 0.0797. The maximum absolute atomic E-state index is 10.9. The van der Waals surface area contributed by atoms with Crippen LogP contribution >= 0.6 is 11.8 Å². The summed E-state index contributed by atoms with van der Waals surface area (Å²) in [6, 6.07) is 2.42. The Morgan fingerprint density at radius 3 is 2.70 bits per heavy atom. The van der Waals surface area contributed by atoms with Gasteiger partial charge >= 0.3 is 0 Å². The molecule has 0 spiro atoms. The molecule has 0 aliphatic rings. The zero-order valence-corrected chi connectivity index (χ0v) is 11.7. The average molecular weight is 302 g/mol. The molecule has 9 heteroatoms. The summed E-state index contributed by atoms with van der Waals surface area (Å²) in [4.78, 5) is 24.8. The fraction of sp³-hybridized carbons (Fsp3) is 0.455. The normalized spacial score (nSPS) is 13.6. The van der Waals surface area contributed by atoms with Crippen molar-refractivity contribution < 1.29 is 24.7 Å². The first-order valence-corrected chi connectivity index (χ1v) is 6.54. The molecule has 0 amide bonds. The maximum atomic E-state index is 10.9. The van der Waals surface area contributed by atoms with Crippen LogP contribution in [0.4, 0.5) is 5.69 Å². The molecular formula is C11H14N2O6S. The fourth-order valence-electron chi connectivity index (χ4n) is 1.41. The summed E-state index contributed by atoms with van der Waals surface area (Å²) in [7, 11) is 1.33. The molecule has 2 unspecified atom stereocenters. The van der Waals surface area contributed by atoms with Crippen molar-refractivity contribution in [3.8, 4) is 5.88 Å². The van der Waals surface area contributed by atoms with Gasteiger partial charge in [0.2, 0.25) is 5.88 Å². The van der Waals surface area contributed by atoms with Crippen LogP contribution in [0.3, 0.4) is 0 Å². The van der Waals surface area contributed by atoms with Gasteiger partial charge in [-0.3, -0.25) is 14.9 Å². The van der Waals surface area contributed by atoms with E-state index >= 15 is 0 Å². The van der Waals surface area contributed by atoms with Crippen LogP contribution < -0.4 is 4.74 Å². The molecule has 0 aliphatic carbocycles. The number of rotatable bonds is 6. The largest absolute Gasteiger partial charge is 0.481 e. The Balaban J connectivity index is 3.02. The number of aromatic nitrogens is 1. The van der Waals surface area contributed by atoms with Crippen LogP contribution in [0.5, 0.6) is 5.88 Å². The van der Waals surface area contributed by atoms with E-state index in [1.807, 2.05) is 0 Å². The van der Waals surface area contributed by atoms with E-state index in [1.54, 1.807) is 0 Å². The molecule has 0 aromatic carbocycles. The van der Waals surface area contributed by atoms with Crippen molar-refractivity contribution in [1.29, 1.82) is 0 Å². The molecule has 0 bridgehead atoms. The predicted octanol–water partition coefficient (Wildman–Crippen LogP) is 0.672. The van der Waals surface area contributed by atoms with Gasteiger partial charge in [0.05, 0.1) is 18.1 Å². The van der Waals surface area contributed by atoms with Gasteiger partial charge in [-0.25, -0.2) is 4.98 Å². The second-order valence-electron chi connectivity index (χ2n) is 3.83. The quantitative estimate of drug-likeness (QED) is 0.580. The van der Waals surface area contributed by atoms with Crippen molar-refractivity contribution in [1.82, 2.24) is 4.98 Å². The van der Waals surface area contributed by atoms with Crippen molar-refractivity contribution in [3.05, 3.63) is 27.9 Å². The highest BCUT2D eigenvalue weighted by atomic mass is 32.2. The highest BCUT2D eigenvalue weighted by molar-refractivity contribution is 8.13. The van der Waals surface area contributed by atoms with Gasteiger partial charge in [0.15, 0.2) is 10.8 Å². The first-order valence-electron chi connectivity index (χ1n) is 5.55. The first kappa shape index (κ1) is 16.3. The lowest BCUT2D eigenvalue weighted by atomic mass is 10.1. The topological polar surface area (TPSA) is 123 Å². The number of ether oxygens (including phenoxy) is 1. The minimum atomic E-state index is -1.59. The van der Waals surface area contributed by atoms with Gasteiger partial charge < -0.3 is 14.9 Å². The minimum Gasteiger partial charge on any atom is -0.481 e. The van der Waals surface area contributed by atoms with E-state index in [2.05, 4.69) is 4.98 Å². The van der Waals surface area contributed by atoms with Gasteiger partial charge in [0.25, 0.3) is 5.69 Å². The fourth-order valence-corrected chi connectivity index (χ4v) is 2.00. The summed E-state index contributed by atoms with van der Waals surface area (Å²) in [5.74, 6) is -0.0110. The summed E-state index contributed by atoms with van der Waals surface area (Å²) in [6.07, 6.45) is -2.94. The molecule has 0 fully saturated rings. The number of aliphatic hydroxyl groups excluding tert-OH is 2. The van der Waals surface area contributed by atoms with Gasteiger partial charge in [-0.2, -0.15) is 0 Å². The van der Waals surface area contributed by atoms with E-state index in [1.165, 1.54) is 20.1 Å². The summed E-state index contributed by atoms with van der Waals surface area (Å²) in [5.41, 5.74) is -0.726. The number of hydrogen-bond acceptors (Lipinski definition) is 8. The lowest BCUT2D eigenvalue weighted by Gasteiger charge is -2.16. The van der Waals surface area contributed by atoms with Gasteiger partial charge in [-0.15, -0.1) is 0 Å². The van der Waals surface area contributed by atoms with E-state index in [9.17, 15) is 25.1 Å². The Kier molecular flexibility index (Phi) is 5.86. The highest BCUT2D eigenvalue weighted by Gasteiger charge is 2.29. The number of thioether (sulfide) groups is 1. The number of aliphatic hydroxyl groups is 2. The van der Waals surface area contributed by atoms with Crippen molar-refractivity contribution in [3.63, 3.8) is 0 Å². The third-order valence-corrected chi connectivity index (χ3v) is 3.30. The van der Waals surface area contributed by atoms with Crippen LogP contribution in [0.1, 0.15) is 18.7 Å². The van der Waals surface area contributed by atoms with Gasteiger partial charge in [-0.05, 0) is 0 Å². The van der Waals surface area contributed by atoms with Crippen LogP contribution in [-0.4, -0.2) is 44.2 Å². The summed E-state index contributed by atoms with van der Waals surface area (Å²) >= 11 is 0.809. The van der Waals surface area contributed by atoms with E-state index in [4.69, 9.17) is 4.74 Å². The molecule has 20 heavy (non-hydrogen) atoms. The molecule has 0 saturated carbocycles. The van der Waals surface area contributed by atoms with Crippen molar-refractivity contribution in [2.75, 3.05) is 12.9 Å². The molecular weight excluding hydrogens is 288 g/mol. The van der Waals surface area contributed by atoms with Crippen LogP contribution in [0.25, 0.3) is 0 Å². The number of hydrogen-bond donors (Lipinski definition) is 2. The van der Waals surface area contributed by atoms with E-state index in [-0.39, 0.29) is 22.4 Å². The Morgan fingerprint density at radius 2 is 2.20 bits per heavy atom. The molecule has 2 atom stereocenters. The van der Waals surface area contributed by atoms with Gasteiger partial charge in [0.1, 0.15) is 6.10 Å². The van der Waals surface area contributed by atoms with Crippen LogP contribution in [-0.2, 0) is 4.79 Å². The second-order valence-corrected chi connectivity index (χ2v) is 5.03. The van der Waals surface area contributed by atoms with E-state index < -0.39 is 22.8 Å². The summed E-state index contributed by atoms with van der Waals surface area (Å²) in [6.45, 7) is 1.32.